The number of amides is 2. The van der Waals surface area contributed by atoms with E-state index in [0.717, 1.165) is 23.4 Å². The third kappa shape index (κ3) is 3.26. The Labute approximate surface area is 134 Å². The van der Waals surface area contributed by atoms with Crippen molar-refractivity contribution in [3.63, 3.8) is 0 Å². The van der Waals surface area contributed by atoms with Gasteiger partial charge in [-0.15, -0.1) is 0 Å². The Hall–Kier alpha value is -2.63. The van der Waals surface area contributed by atoms with Crippen molar-refractivity contribution in [3.05, 3.63) is 41.6 Å². The van der Waals surface area contributed by atoms with Crippen LogP contribution < -0.4 is 10.2 Å². The molecule has 2 N–H and O–H groups in total. The predicted molar refractivity (Wildman–Crippen MR) is 88.2 cm³/mol. The number of carbonyl (C=O) groups is 2. The van der Waals surface area contributed by atoms with Gasteiger partial charge in [0.25, 0.3) is 0 Å². The van der Waals surface area contributed by atoms with Crippen LogP contribution in [-0.4, -0.2) is 28.6 Å². The second-order valence-electron chi connectivity index (χ2n) is 5.86. The van der Waals surface area contributed by atoms with Crippen LogP contribution in [0.1, 0.15) is 24.6 Å². The van der Waals surface area contributed by atoms with Crippen molar-refractivity contribution >= 4 is 23.3 Å². The number of H-pyrrole nitrogens is 1. The predicted octanol–water partition coefficient (Wildman–Crippen LogP) is 2.27. The maximum absolute atomic E-state index is 12.3. The topological polar surface area (TPSA) is 78.1 Å². The Kier molecular flexibility index (Phi) is 4.14. The number of nitrogens with zero attached hydrogens (tertiary/aromatic N) is 2. The Bertz CT molecular complexity index is 720. The molecule has 0 aliphatic carbocycles. The smallest absolute Gasteiger partial charge is 0.231 e. The molecule has 1 fully saturated rings. The van der Waals surface area contributed by atoms with Gasteiger partial charge in [0.15, 0.2) is 5.82 Å². The lowest BCUT2D eigenvalue weighted by Crippen LogP contribution is -2.28. The van der Waals surface area contributed by atoms with Crippen LogP contribution in [0, 0.1) is 12.8 Å². The van der Waals surface area contributed by atoms with Gasteiger partial charge in [-0.3, -0.25) is 14.7 Å². The average molecular weight is 312 g/mol. The number of aryl methyl sites for hydroxylation is 2. The van der Waals surface area contributed by atoms with E-state index < -0.39 is 0 Å². The normalized spacial score (nSPS) is 17.6. The second kappa shape index (κ2) is 6.24. The van der Waals surface area contributed by atoms with Crippen molar-refractivity contribution in [2.75, 3.05) is 16.8 Å². The van der Waals surface area contributed by atoms with Crippen LogP contribution in [0.15, 0.2) is 30.3 Å². The fourth-order valence-corrected chi connectivity index (χ4v) is 2.69. The molecule has 1 atom stereocenters. The van der Waals surface area contributed by atoms with E-state index >= 15 is 0 Å². The highest BCUT2D eigenvalue weighted by molar-refractivity contribution is 6.03. The van der Waals surface area contributed by atoms with Gasteiger partial charge in [-0.25, -0.2) is 0 Å². The van der Waals surface area contributed by atoms with E-state index in [1.165, 1.54) is 0 Å². The van der Waals surface area contributed by atoms with E-state index in [4.69, 9.17) is 0 Å². The number of hydrogen-bond acceptors (Lipinski definition) is 3. The molecule has 0 radical (unpaired) electrons. The zero-order valence-electron chi connectivity index (χ0n) is 13.3. The molecule has 1 aliphatic heterocycles. The summed E-state index contributed by atoms with van der Waals surface area (Å²) < 4.78 is 0. The molecule has 2 amide bonds. The Balaban J connectivity index is 1.66. The highest BCUT2D eigenvalue weighted by Crippen LogP contribution is 2.26. The number of carbonyl (C=O) groups excluding carboxylic acids is 2. The first kappa shape index (κ1) is 15.3. The summed E-state index contributed by atoms with van der Waals surface area (Å²) in [6.45, 7) is 4.41. The summed E-state index contributed by atoms with van der Waals surface area (Å²) >= 11 is 0. The molecule has 1 aromatic carbocycles. The summed E-state index contributed by atoms with van der Waals surface area (Å²) in [7, 11) is 0. The Morgan fingerprint density at radius 1 is 1.39 bits per heavy atom. The third-order valence-electron chi connectivity index (χ3n) is 4.10. The number of rotatable bonds is 4. The molecule has 6 nitrogen and oxygen atoms in total. The molecule has 120 valence electrons. The first-order valence-corrected chi connectivity index (χ1v) is 7.79. The van der Waals surface area contributed by atoms with Crippen molar-refractivity contribution in [2.45, 2.75) is 26.7 Å². The molecule has 6 heteroatoms. The molecule has 1 unspecified atom stereocenters. The quantitative estimate of drug-likeness (QED) is 0.909. The van der Waals surface area contributed by atoms with Crippen LogP contribution in [0.25, 0.3) is 0 Å². The van der Waals surface area contributed by atoms with Crippen LogP contribution in [0.2, 0.25) is 0 Å². The van der Waals surface area contributed by atoms with Crippen molar-refractivity contribution in [1.29, 1.82) is 0 Å². The number of aromatic nitrogens is 2. The summed E-state index contributed by atoms with van der Waals surface area (Å²) in [6, 6.07) is 9.56. The summed E-state index contributed by atoms with van der Waals surface area (Å²) in [5.74, 6) is -0.0361. The maximum atomic E-state index is 12.3. The largest absolute Gasteiger partial charge is 0.312 e. The lowest BCUT2D eigenvalue weighted by atomic mass is 10.1. The van der Waals surface area contributed by atoms with Gasteiger partial charge in [0.05, 0.1) is 5.92 Å². The van der Waals surface area contributed by atoms with Crippen LogP contribution in [0.3, 0.4) is 0 Å². The number of benzene rings is 1. The molecule has 2 aromatic rings. The first-order chi connectivity index (χ1) is 11.1. The zero-order chi connectivity index (χ0) is 16.4. The van der Waals surface area contributed by atoms with Gasteiger partial charge in [0, 0.05) is 30.4 Å². The number of hydrogen-bond donors (Lipinski definition) is 2. The van der Waals surface area contributed by atoms with E-state index in [9.17, 15) is 9.59 Å². The van der Waals surface area contributed by atoms with E-state index in [1.807, 2.05) is 44.2 Å². The van der Waals surface area contributed by atoms with E-state index in [0.29, 0.717) is 12.4 Å². The molecule has 0 spiro atoms. The molecule has 1 aliphatic rings. The third-order valence-corrected chi connectivity index (χ3v) is 4.10. The SMILES string of the molecule is CCc1cc(NC(=O)C2CC(=O)N(c3ccc(C)cc3)C2)n[nH]1. The molecule has 0 bridgehead atoms. The summed E-state index contributed by atoms with van der Waals surface area (Å²) in [5, 5.41) is 9.69. The second-order valence-corrected chi connectivity index (χ2v) is 5.86. The molecule has 0 saturated carbocycles. The van der Waals surface area contributed by atoms with Gasteiger partial charge < -0.3 is 10.2 Å². The molecule has 3 rings (SSSR count). The molecular formula is C17H20N4O2. The van der Waals surface area contributed by atoms with E-state index in [-0.39, 0.29) is 24.2 Å². The lowest BCUT2D eigenvalue weighted by molar-refractivity contribution is -0.122. The minimum atomic E-state index is -0.356. The molecule has 23 heavy (non-hydrogen) atoms. The standard InChI is InChI=1S/C17H20N4O2/c1-3-13-9-15(20-19-13)18-17(23)12-8-16(22)21(10-12)14-6-4-11(2)5-7-14/h4-7,9,12H,3,8,10H2,1-2H3,(H2,18,19,20,23). The monoisotopic (exact) mass is 312 g/mol. The van der Waals surface area contributed by atoms with Gasteiger partial charge in [0.2, 0.25) is 11.8 Å². The maximum Gasteiger partial charge on any atom is 0.231 e. The van der Waals surface area contributed by atoms with Crippen LogP contribution in [0.5, 0.6) is 0 Å². The highest BCUT2D eigenvalue weighted by atomic mass is 16.2. The minimum Gasteiger partial charge on any atom is -0.312 e. The molecule has 1 aromatic heterocycles. The molecular weight excluding hydrogens is 292 g/mol. The van der Waals surface area contributed by atoms with E-state index in [2.05, 4.69) is 15.5 Å². The number of anilines is 2. The summed E-state index contributed by atoms with van der Waals surface area (Å²) in [4.78, 5) is 26.2. The van der Waals surface area contributed by atoms with Crippen molar-refractivity contribution in [1.82, 2.24) is 10.2 Å². The van der Waals surface area contributed by atoms with Crippen molar-refractivity contribution < 1.29 is 9.59 Å². The van der Waals surface area contributed by atoms with Gasteiger partial charge in [-0.1, -0.05) is 24.6 Å². The van der Waals surface area contributed by atoms with Gasteiger partial charge in [-0.2, -0.15) is 5.10 Å². The zero-order valence-corrected chi connectivity index (χ0v) is 13.3. The number of nitrogens with one attached hydrogen (secondary N) is 2. The van der Waals surface area contributed by atoms with Crippen LogP contribution in [0.4, 0.5) is 11.5 Å². The van der Waals surface area contributed by atoms with Crippen LogP contribution in [-0.2, 0) is 16.0 Å². The van der Waals surface area contributed by atoms with Crippen molar-refractivity contribution in [2.24, 2.45) is 5.92 Å². The number of aromatic amines is 1. The first-order valence-electron chi connectivity index (χ1n) is 7.79. The van der Waals surface area contributed by atoms with Crippen LogP contribution >= 0.6 is 0 Å². The fraction of sp³-hybridized carbons (Fsp3) is 0.353. The Morgan fingerprint density at radius 2 is 2.13 bits per heavy atom. The highest BCUT2D eigenvalue weighted by Gasteiger charge is 2.35. The van der Waals surface area contributed by atoms with Crippen molar-refractivity contribution in [3.8, 4) is 0 Å². The summed E-state index contributed by atoms with van der Waals surface area (Å²) in [5.41, 5.74) is 2.94. The van der Waals surface area contributed by atoms with Gasteiger partial charge >= 0.3 is 0 Å². The average Bonchev–Trinajstić information content (AvgIpc) is 3.15. The van der Waals surface area contributed by atoms with Gasteiger partial charge in [0.1, 0.15) is 0 Å². The fourth-order valence-electron chi connectivity index (χ4n) is 2.69. The minimum absolute atomic E-state index is 0.0229. The van der Waals surface area contributed by atoms with Gasteiger partial charge in [-0.05, 0) is 25.5 Å². The summed E-state index contributed by atoms with van der Waals surface area (Å²) in [6.07, 6.45) is 1.05. The lowest BCUT2D eigenvalue weighted by Gasteiger charge is -2.16. The Morgan fingerprint density at radius 3 is 2.78 bits per heavy atom. The molecule has 1 saturated heterocycles. The van der Waals surface area contributed by atoms with E-state index in [1.54, 1.807) is 4.90 Å². The molecule has 2 heterocycles.